The molecule has 0 spiro atoms. The number of aryl methyl sites for hydroxylation is 1. The van der Waals surface area contributed by atoms with Crippen molar-refractivity contribution >= 4 is 17.7 Å². The Hall–Kier alpha value is -1.00. The molecular formula is C15H20N2OS. The molecule has 1 amide bonds. The minimum atomic E-state index is 0.292. The molecule has 2 aliphatic heterocycles. The number of carbonyl (C=O) groups excluding carboxylic acids is 1. The van der Waals surface area contributed by atoms with Gasteiger partial charge in [0, 0.05) is 31.1 Å². The highest BCUT2D eigenvalue weighted by Gasteiger charge is 2.37. The van der Waals surface area contributed by atoms with E-state index in [0.717, 1.165) is 26.2 Å². The first kappa shape index (κ1) is 13.0. The largest absolute Gasteiger partial charge is 0.341 e. The lowest BCUT2D eigenvalue weighted by atomic mass is 10.0. The second kappa shape index (κ2) is 5.55. The van der Waals surface area contributed by atoms with E-state index in [1.165, 1.54) is 10.5 Å². The zero-order chi connectivity index (χ0) is 13.2. The Morgan fingerprint density at radius 2 is 1.89 bits per heavy atom. The van der Waals surface area contributed by atoms with Crippen molar-refractivity contribution in [2.24, 2.45) is 11.8 Å². The molecule has 0 bridgehead atoms. The molecule has 2 saturated heterocycles. The van der Waals surface area contributed by atoms with Gasteiger partial charge in [-0.05, 0) is 30.9 Å². The molecule has 2 atom stereocenters. The zero-order valence-electron chi connectivity index (χ0n) is 11.3. The summed E-state index contributed by atoms with van der Waals surface area (Å²) >= 11 is 1.65. The van der Waals surface area contributed by atoms with Crippen molar-refractivity contribution in [2.45, 2.75) is 11.8 Å². The van der Waals surface area contributed by atoms with Gasteiger partial charge in [0.2, 0.25) is 5.91 Å². The van der Waals surface area contributed by atoms with Crippen LogP contribution in [-0.4, -0.2) is 42.7 Å². The normalized spacial score (nSPS) is 25.6. The maximum absolute atomic E-state index is 12.2. The smallest absolute Gasteiger partial charge is 0.232 e. The number of hydrogen-bond acceptors (Lipinski definition) is 3. The van der Waals surface area contributed by atoms with Crippen LogP contribution in [0, 0.1) is 18.8 Å². The molecule has 2 fully saturated rings. The SMILES string of the molecule is Cc1ccc(SCC(=O)N2C[C@H]3CNC[C@H]3C2)cc1. The highest BCUT2D eigenvalue weighted by Crippen LogP contribution is 2.27. The predicted octanol–water partition coefficient (Wildman–Crippen LogP) is 1.76. The Morgan fingerprint density at radius 1 is 1.26 bits per heavy atom. The molecule has 3 rings (SSSR count). The van der Waals surface area contributed by atoms with E-state index >= 15 is 0 Å². The maximum atomic E-state index is 12.2. The molecule has 2 heterocycles. The van der Waals surface area contributed by atoms with Crippen LogP contribution in [-0.2, 0) is 4.79 Å². The molecule has 4 heteroatoms. The van der Waals surface area contributed by atoms with E-state index in [9.17, 15) is 4.79 Å². The number of benzene rings is 1. The molecule has 0 saturated carbocycles. The molecule has 2 aliphatic rings. The summed E-state index contributed by atoms with van der Waals surface area (Å²) in [6.45, 7) is 6.14. The van der Waals surface area contributed by atoms with Crippen LogP contribution in [0.15, 0.2) is 29.2 Å². The van der Waals surface area contributed by atoms with Crippen LogP contribution in [0.25, 0.3) is 0 Å². The number of nitrogens with zero attached hydrogens (tertiary/aromatic N) is 1. The number of fused-ring (bicyclic) bond motifs is 1. The number of nitrogens with one attached hydrogen (secondary N) is 1. The van der Waals surface area contributed by atoms with Crippen molar-refractivity contribution in [3.63, 3.8) is 0 Å². The Bertz CT molecular complexity index is 448. The van der Waals surface area contributed by atoms with Gasteiger partial charge in [0.15, 0.2) is 0 Å². The van der Waals surface area contributed by atoms with Crippen molar-refractivity contribution in [2.75, 3.05) is 31.9 Å². The molecular weight excluding hydrogens is 256 g/mol. The standard InChI is InChI=1S/C15H20N2OS/c1-11-2-4-14(5-3-11)19-10-15(18)17-8-12-6-16-7-13(12)9-17/h2-5,12-13,16H,6-10H2,1H3/t12-,13+. The summed E-state index contributed by atoms with van der Waals surface area (Å²) in [6.07, 6.45) is 0. The van der Waals surface area contributed by atoms with Gasteiger partial charge in [0.1, 0.15) is 0 Å². The first-order valence-electron chi connectivity index (χ1n) is 6.90. The zero-order valence-corrected chi connectivity index (χ0v) is 12.1. The van der Waals surface area contributed by atoms with E-state index in [0.29, 0.717) is 23.5 Å². The summed E-state index contributed by atoms with van der Waals surface area (Å²) in [5.74, 6) is 2.23. The first-order chi connectivity index (χ1) is 9.22. The van der Waals surface area contributed by atoms with Gasteiger partial charge in [-0.3, -0.25) is 4.79 Å². The summed E-state index contributed by atoms with van der Waals surface area (Å²) in [6, 6.07) is 8.38. The van der Waals surface area contributed by atoms with Crippen molar-refractivity contribution in [1.29, 1.82) is 0 Å². The molecule has 3 nitrogen and oxygen atoms in total. The highest BCUT2D eigenvalue weighted by molar-refractivity contribution is 8.00. The molecule has 1 N–H and O–H groups in total. The third-order valence-corrected chi connectivity index (χ3v) is 5.12. The lowest BCUT2D eigenvalue weighted by Crippen LogP contribution is -2.33. The molecule has 1 aromatic rings. The van der Waals surface area contributed by atoms with Crippen molar-refractivity contribution in [1.82, 2.24) is 10.2 Å². The second-order valence-electron chi connectivity index (χ2n) is 5.58. The van der Waals surface area contributed by atoms with Crippen molar-refractivity contribution in [3.8, 4) is 0 Å². The Kier molecular flexibility index (Phi) is 3.80. The Balaban J connectivity index is 1.50. The molecule has 0 aliphatic carbocycles. The van der Waals surface area contributed by atoms with E-state index < -0.39 is 0 Å². The van der Waals surface area contributed by atoms with Crippen LogP contribution in [0.1, 0.15) is 5.56 Å². The molecule has 1 aromatic carbocycles. The number of amides is 1. The van der Waals surface area contributed by atoms with Crippen LogP contribution < -0.4 is 5.32 Å². The van der Waals surface area contributed by atoms with Gasteiger partial charge in [-0.1, -0.05) is 17.7 Å². The van der Waals surface area contributed by atoms with Gasteiger partial charge in [-0.25, -0.2) is 0 Å². The second-order valence-corrected chi connectivity index (χ2v) is 6.63. The fourth-order valence-electron chi connectivity index (χ4n) is 2.93. The summed E-state index contributed by atoms with van der Waals surface area (Å²) in [5.41, 5.74) is 1.26. The minimum absolute atomic E-state index is 0.292. The Morgan fingerprint density at radius 3 is 2.53 bits per heavy atom. The van der Waals surface area contributed by atoms with Gasteiger partial charge in [0.05, 0.1) is 5.75 Å². The fraction of sp³-hybridized carbons (Fsp3) is 0.533. The molecule has 102 valence electrons. The quantitative estimate of drug-likeness (QED) is 0.854. The van der Waals surface area contributed by atoms with Crippen molar-refractivity contribution < 1.29 is 4.79 Å². The molecule has 0 unspecified atom stereocenters. The summed E-state index contributed by atoms with van der Waals surface area (Å²) in [7, 11) is 0. The van der Waals surface area contributed by atoms with Gasteiger partial charge < -0.3 is 10.2 Å². The van der Waals surface area contributed by atoms with Crippen molar-refractivity contribution in [3.05, 3.63) is 29.8 Å². The fourth-order valence-corrected chi connectivity index (χ4v) is 3.73. The summed E-state index contributed by atoms with van der Waals surface area (Å²) in [4.78, 5) is 15.4. The van der Waals surface area contributed by atoms with Crippen LogP contribution in [0.2, 0.25) is 0 Å². The maximum Gasteiger partial charge on any atom is 0.232 e. The van der Waals surface area contributed by atoms with Gasteiger partial charge in [0.25, 0.3) is 0 Å². The van der Waals surface area contributed by atoms with Crippen LogP contribution in [0.5, 0.6) is 0 Å². The van der Waals surface area contributed by atoms with Gasteiger partial charge >= 0.3 is 0 Å². The Labute approximate surface area is 118 Å². The number of hydrogen-bond donors (Lipinski definition) is 1. The average Bonchev–Trinajstić information content (AvgIpc) is 2.98. The van der Waals surface area contributed by atoms with Crippen LogP contribution in [0.3, 0.4) is 0 Å². The molecule has 0 radical (unpaired) electrons. The minimum Gasteiger partial charge on any atom is -0.341 e. The van der Waals surface area contributed by atoms with E-state index in [4.69, 9.17) is 0 Å². The van der Waals surface area contributed by atoms with Crippen LogP contribution in [0.4, 0.5) is 0 Å². The van der Waals surface area contributed by atoms with E-state index in [1.807, 2.05) is 0 Å². The number of thioether (sulfide) groups is 1. The lowest BCUT2D eigenvalue weighted by molar-refractivity contribution is -0.127. The van der Waals surface area contributed by atoms with E-state index in [-0.39, 0.29) is 0 Å². The summed E-state index contributed by atoms with van der Waals surface area (Å²) in [5, 5.41) is 3.40. The topological polar surface area (TPSA) is 32.3 Å². The third-order valence-electron chi connectivity index (χ3n) is 4.13. The third kappa shape index (κ3) is 2.95. The highest BCUT2D eigenvalue weighted by atomic mass is 32.2. The molecule has 0 aromatic heterocycles. The average molecular weight is 276 g/mol. The monoisotopic (exact) mass is 276 g/mol. The number of likely N-dealkylation sites (tertiary alicyclic amines) is 1. The van der Waals surface area contributed by atoms with Gasteiger partial charge in [-0.2, -0.15) is 0 Å². The van der Waals surface area contributed by atoms with E-state index in [2.05, 4.69) is 41.4 Å². The predicted molar refractivity (Wildman–Crippen MR) is 78.3 cm³/mol. The summed E-state index contributed by atoms with van der Waals surface area (Å²) < 4.78 is 0. The number of carbonyl (C=O) groups is 1. The first-order valence-corrected chi connectivity index (χ1v) is 7.89. The lowest BCUT2D eigenvalue weighted by Gasteiger charge is -2.17. The molecule has 19 heavy (non-hydrogen) atoms. The van der Waals surface area contributed by atoms with Crippen LogP contribution >= 0.6 is 11.8 Å². The van der Waals surface area contributed by atoms with Gasteiger partial charge in [-0.15, -0.1) is 11.8 Å². The van der Waals surface area contributed by atoms with E-state index in [1.54, 1.807) is 11.8 Å². The number of rotatable bonds is 3.